The first-order valence-corrected chi connectivity index (χ1v) is 11.8. The molecule has 6 nitrogen and oxygen atoms in total. The van der Waals surface area contributed by atoms with Crippen LogP contribution in [0.3, 0.4) is 0 Å². The van der Waals surface area contributed by atoms with Crippen LogP contribution in [0.5, 0.6) is 5.75 Å². The summed E-state index contributed by atoms with van der Waals surface area (Å²) in [7, 11) is 0. The third kappa shape index (κ3) is 4.40. The minimum atomic E-state index is -0.198. The third-order valence-corrected chi connectivity index (χ3v) is 6.69. The van der Waals surface area contributed by atoms with Gasteiger partial charge in [0.05, 0.1) is 23.4 Å². The molecule has 0 spiro atoms. The molecule has 7 heteroatoms. The fraction of sp³-hybridized carbons (Fsp3) is 0.280. The van der Waals surface area contributed by atoms with Crippen LogP contribution in [0.2, 0.25) is 0 Å². The zero-order chi connectivity index (χ0) is 21.9. The van der Waals surface area contributed by atoms with Gasteiger partial charge in [0.25, 0.3) is 11.8 Å². The normalized spacial score (nSPS) is 15.8. The van der Waals surface area contributed by atoms with Gasteiger partial charge >= 0.3 is 0 Å². The molecule has 0 saturated carbocycles. The lowest BCUT2D eigenvalue weighted by molar-refractivity contribution is 0.0629. The van der Waals surface area contributed by atoms with Gasteiger partial charge in [0.2, 0.25) is 0 Å². The van der Waals surface area contributed by atoms with E-state index in [0.717, 1.165) is 38.4 Å². The highest BCUT2D eigenvalue weighted by Gasteiger charge is 2.25. The van der Waals surface area contributed by atoms with Gasteiger partial charge < -0.3 is 15.0 Å². The highest BCUT2D eigenvalue weighted by Crippen LogP contribution is 2.27. The Morgan fingerprint density at radius 2 is 1.88 bits per heavy atom. The van der Waals surface area contributed by atoms with Gasteiger partial charge in [0, 0.05) is 44.5 Å². The molecule has 0 atom stereocenters. The first kappa shape index (κ1) is 20.7. The van der Waals surface area contributed by atoms with Gasteiger partial charge in [-0.05, 0) is 40.8 Å². The predicted molar refractivity (Wildman–Crippen MR) is 126 cm³/mol. The van der Waals surface area contributed by atoms with E-state index in [1.54, 1.807) is 23.6 Å². The molecule has 1 saturated heterocycles. The summed E-state index contributed by atoms with van der Waals surface area (Å²) in [5, 5.41) is 6.56. The lowest BCUT2D eigenvalue weighted by Crippen LogP contribution is -2.48. The molecule has 0 bridgehead atoms. The number of hydrogen-bond donors (Lipinski definition) is 1. The second-order valence-electron chi connectivity index (χ2n) is 8.12. The van der Waals surface area contributed by atoms with Crippen LogP contribution in [0.1, 0.15) is 31.8 Å². The van der Waals surface area contributed by atoms with E-state index in [-0.39, 0.29) is 11.8 Å². The van der Waals surface area contributed by atoms with Crippen LogP contribution in [-0.2, 0) is 13.0 Å². The smallest absolute Gasteiger partial charge is 0.256 e. The van der Waals surface area contributed by atoms with Crippen LogP contribution in [0.15, 0.2) is 59.3 Å². The molecule has 32 heavy (non-hydrogen) atoms. The molecule has 2 aromatic carbocycles. The Labute approximate surface area is 191 Å². The Bertz CT molecular complexity index is 1120. The van der Waals surface area contributed by atoms with E-state index >= 15 is 0 Å². The van der Waals surface area contributed by atoms with Crippen molar-refractivity contribution in [1.29, 1.82) is 0 Å². The number of nitrogens with one attached hydrogen (secondary N) is 1. The molecule has 5 rings (SSSR count). The number of rotatable bonds is 5. The molecule has 0 radical (unpaired) electrons. The van der Waals surface area contributed by atoms with E-state index in [9.17, 15) is 9.59 Å². The van der Waals surface area contributed by atoms with Crippen molar-refractivity contribution >= 4 is 28.8 Å². The van der Waals surface area contributed by atoms with Gasteiger partial charge in [-0.3, -0.25) is 14.5 Å². The van der Waals surface area contributed by atoms with E-state index < -0.39 is 0 Å². The highest BCUT2D eigenvalue weighted by molar-refractivity contribution is 7.08. The van der Waals surface area contributed by atoms with E-state index in [2.05, 4.69) is 28.4 Å². The Hall–Kier alpha value is -3.16. The van der Waals surface area contributed by atoms with Crippen molar-refractivity contribution in [2.45, 2.75) is 13.0 Å². The standard InChI is InChI=1S/C25H25N3O3S/c29-24(20-8-14-32-17-20)26-22-4-2-1-3-21(22)25(30)28-11-9-27(10-12-28)16-18-5-6-23-19(15-18)7-13-31-23/h1-6,8,14-15,17H,7,9-13,16H2,(H,26,29). The van der Waals surface area contributed by atoms with Crippen molar-refractivity contribution in [3.05, 3.63) is 81.5 Å². The number of amides is 2. The van der Waals surface area contributed by atoms with Crippen molar-refractivity contribution in [3.63, 3.8) is 0 Å². The minimum Gasteiger partial charge on any atom is -0.493 e. The lowest BCUT2D eigenvalue weighted by Gasteiger charge is -2.35. The molecular weight excluding hydrogens is 422 g/mol. The van der Waals surface area contributed by atoms with E-state index in [1.165, 1.54) is 22.5 Å². The molecule has 2 aliphatic rings. The fourth-order valence-electron chi connectivity index (χ4n) is 4.24. The maximum atomic E-state index is 13.2. The van der Waals surface area contributed by atoms with Crippen molar-refractivity contribution in [2.24, 2.45) is 0 Å². The van der Waals surface area contributed by atoms with Gasteiger partial charge in [-0.15, -0.1) is 0 Å². The molecule has 2 aliphatic heterocycles. The maximum absolute atomic E-state index is 13.2. The number of carbonyl (C=O) groups excluding carboxylic acids is 2. The Morgan fingerprint density at radius 3 is 2.69 bits per heavy atom. The van der Waals surface area contributed by atoms with Crippen molar-refractivity contribution in [3.8, 4) is 5.75 Å². The zero-order valence-electron chi connectivity index (χ0n) is 17.8. The summed E-state index contributed by atoms with van der Waals surface area (Å²) in [5.41, 5.74) is 4.26. The first-order valence-electron chi connectivity index (χ1n) is 10.9. The topological polar surface area (TPSA) is 61.9 Å². The second kappa shape index (κ2) is 9.14. The molecule has 1 fully saturated rings. The Kier molecular flexibility index (Phi) is 5.92. The van der Waals surface area contributed by atoms with Crippen molar-refractivity contribution < 1.29 is 14.3 Å². The number of anilines is 1. The SMILES string of the molecule is O=C(Nc1ccccc1C(=O)N1CCN(Cc2ccc3c(c2)CCO3)CC1)c1ccsc1. The molecule has 3 aromatic rings. The Balaban J connectivity index is 1.21. The second-order valence-corrected chi connectivity index (χ2v) is 8.90. The number of para-hydroxylation sites is 1. The monoisotopic (exact) mass is 447 g/mol. The fourth-order valence-corrected chi connectivity index (χ4v) is 4.88. The predicted octanol–water partition coefficient (Wildman–Crippen LogP) is 3.89. The summed E-state index contributed by atoms with van der Waals surface area (Å²) in [4.78, 5) is 30.0. The molecule has 1 N–H and O–H groups in total. The molecule has 0 unspecified atom stereocenters. The van der Waals surface area contributed by atoms with Gasteiger partial charge in [-0.25, -0.2) is 0 Å². The highest BCUT2D eigenvalue weighted by atomic mass is 32.1. The summed E-state index contributed by atoms with van der Waals surface area (Å²) < 4.78 is 5.60. The summed E-state index contributed by atoms with van der Waals surface area (Å²) >= 11 is 1.47. The number of thiophene rings is 1. The average molecular weight is 448 g/mol. The number of piperazine rings is 1. The number of hydrogen-bond acceptors (Lipinski definition) is 5. The van der Waals surface area contributed by atoms with Gasteiger partial charge in [0.1, 0.15) is 5.75 Å². The maximum Gasteiger partial charge on any atom is 0.256 e. The van der Waals surface area contributed by atoms with Crippen LogP contribution in [0, 0.1) is 0 Å². The van der Waals surface area contributed by atoms with Crippen LogP contribution in [0.4, 0.5) is 5.69 Å². The Morgan fingerprint density at radius 1 is 1.03 bits per heavy atom. The van der Waals surface area contributed by atoms with Crippen molar-refractivity contribution in [1.82, 2.24) is 9.80 Å². The molecular formula is C25H25N3O3S. The lowest BCUT2D eigenvalue weighted by atomic mass is 10.1. The average Bonchev–Trinajstić information content (AvgIpc) is 3.52. The van der Waals surface area contributed by atoms with E-state index in [1.807, 2.05) is 22.4 Å². The van der Waals surface area contributed by atoms with Crippen LogP contribution < -0.4 is 10.1 Å². The summed E-state index contributed by atoms with van der Waals surface area (Å²) in [6.07, 6.45) is 0.980. The molecule has 0 aliphatic carbocycles. The summed E-state index contributed by atoms with van der Waals surface area (Å²) in [5.74, 6) is 0.769. The number of carbonyl (C=O) groups is 2. The number of benzene rings is 2. The summed E-state index contributed by atoms with van der Waals surface area (Å²) in [6.45, 7) is 4.63. The van der Waals surface area contributed by atoms with Crippen LogP contribution in [0.25, 0.3) is 0 Å². The van der Waals surface area contributed by atoms with Gasteiger partial charge in [0.15, 0.2) is 0 Å². The van der Waals surface area contributed by atoms with Crippen molar-refractivity contribution in [2.75, 3.05) is 38.1 Å². The summed E-state index contributed by atoms with van der Waals surface area (Å²) in [6, 6.07) is 15.5. The van der Waals surface area contributed by atoms with Gasteiger partial charge in [-0.1, -0.05) is 24.3 Å². The zero-order valence-corrected chi connectivity index (χ0v) is 18.6. The van der Waals surface area contributed by atoms with E-state index in [4.69, 9.17) is 4.74 Å². The van der Waals surface area contributed by atoms with Crippen LogP contribution in [-0.4, -0.2) is 54.4 Å². The van der Waals surface area contributed by atoms with Crippen LogP contribution >= 0.6 is 11.3 Å². The molecule has 1 aromatic heterocycles. The first-order chi connectivity index (χ1) is 15.7. The number of fused-ring (bicyclic) bond motifs is 1. The van der Waals surface area contributed by atoms with E-state index in [0.29, 0.717) is 29.9 Å². The molecule has 164 valence electrons. The molecule has 2 amide bonds. The third-order valence-electron chi connectivity index (χ3n) is 6.01. The largest absolute Gasteiger partial charge is 0.493 e. The number of nitrogens with zero attached hydrogens (tertiary/aromatic N) is 2. The molecule has 3 heterocycles. The number of ether oxygens (including phenoxy) is 1. The quantitative estimate of drug-likeness (QED) is 0.645. The van der Waals surface area contributed by atoms with Gasteiger partial charge in [-0.2, -0.15) is 11.3 Å². The minimum absolute atomic E-state index is 0.0412.